The maximum Gasteiger partial charge on any atom is 0.166 e. The molecule has 2 atom stereocenters. The molecule has 0 saturated carbocycles. The van der Waals surface area contributed by atoms with Crippen LogP contribution in [0.4, 0.5) is 0 Å². The number of fused-ring (bicyclic) bond motifs is 2. The third kappa shape index (κ3) is 2.53. The van der Waals surface area contributed by atoms with Gasteiger partial charge in [-0.25, -0.2) is 0 Å². The van der Waals surface area contributed by atoms with Gasteiger partial charge in [0.1, 0.15) is 0 Å². The van der Waals surface area contributed by atoms with Crippen molar-refractivity contribution in [3.63, 3.8) is 0 Å². The first-order valence-electron chi connectivity index (χ1n) is 7.15. The third-order valence-electron chi connectivity index (χ3n) is 4.51. The molecule has 1 aromatic carbocycles. The zero-order valence-electron chi connectivity index (χ0n) is 11.3. The minimum Gasteiger partial charge on any atom is -0.294 e. The molecule has 0 aromatic heterocycles. The molecule has 2 nitrogen and oxygen atoms in total. The number of carbonyl (C=O) groups excluding carboxylic acids is 1. The average molecular weight is 276 g/mol. The number of ketones is 1. The SMILES string of the molecule is Cc1ccc(C(=O)C2CC3CCCC(C2)S3=O)cc1. The molecule has 102 valence electrons. The highest BCUT2D eigenvalue weighted by Crippen LogP contribution is 2.38. The van der Waals surface area contributed by atoms with Crippen molar-refractivity contribution in [2.24, 2.45) is 5.92 Å². The first kappa shape index (κ1) is 13.0. The predicted molar refractivity (Wildman–Crippen MR) is 77.8 cm³/mol. The number of hydrogen-bond donors (Lipinski definition) is 0. The van der Waals surface area contributed by atoms with Gasteiger partial charge in [-0.15, -0.1) is 0 Å². The van der Waals surface area contributed by atoms with Crippen LogP contribution in [0.2, 0.25) is 0 Å². The Morgan fingerprint density at radius 3 is 2.26 bits per heavy atom. The van der Waals surface area contributed by atoms with Crippen LogP contribution in [0, 0.1) is 12.8 Å². The lowest BCUT2D eigenvalue weighted by Crippen LogP contribution is -2.41. The monoisotopic (exact) mass is 276 g/mol. The van der Waals surface area contributed by atoms with Gasteiger partial charge in [0.25, 0.3) is 0 Å². The normalized spacial score (nSPS) is 33.9. The summed E-state index contributed by atoms with van der Waals surface area (Å²) in [7, 11) is -0.685. The molecule has 0 spiro atoms. The van der Waals surface area contributed by atoms with E-state index in [1.807, 2.05) is 31.2 Å². The second-order valence-electron chi connectivity index (χ2n) is 5.90. The van der Waals surface area contributed by atoms with Gasteiger partial charge in [0.15, 0.2) is 5.78 Å². The molecule has 19 heavy (non-hydrogen) atoms. The Labute approximate surface area is 117 Å². The largest absolute Gasteiger partial charge is 0.294 e. The highest BCUT2D eigenvalue weighted by molar-refractivity contribution is 7.86. The van der Waals surface area contributed by atoms with Crippen LogP contribution in [-0.4, -0.2) is 20.5 Å². The van der Waals surface area contributed by atoms with Gasteiger partial charge in [0.05, 0.1) is 0 Å². The van der Waals surface area contributed by atoms with E-state index in [2.05, 4.69) is 0 Å². The topological polar surface area (TPSA) is 34.1 Å². The van der Waals surface area contributed by atoms with Crippen LogP contribution in [0.5, 0.6) is 0 Å². The van der Waals surface area contributed by atoms with Crippen LogP contribution in [0.15, 0.2) is 24.3 Å². The minimum atomic E-state index is -0.685. The highest BCUT2D eigenvalue weighted by Gasteiger charge is 2.40. The maximum absolute atomic E-state index is 12.5. The van der Waals surface area contributed by atoms with Crippen LogP contribution in [0.1, 0.15) is 48.0 Å². The fraction of sp³-hybridized carbons (Fsp3) is 0.562. The van der Waals surface area contributed by atoms with Crippen molar-refractivity contribution >= 4 is 16.6 Å². The molecule has 1 aromatic rings. The number of rotatable bonds is 2. The van der Waals surface area contributed by atoms with Crippen molar-refractivity contribution < 1.29 is 9.00 Å². The summed E-state index contributed by atoms with van der Waals surface area (Å²) in [4.78, 5) is 12.5. The number of carbonyl (C=O) groups is 1. The number of Topliss-reactive ketones (excluding diaryl/α,β-unsaturated/α-hetero) is 1. The van der Waals surface area contributed by atoms with Gasteiger partial charge in [-0.3, -0.25) is 9.00 Å². The van der Waals surface area contributed by atoms with Crippen LogP contribution < -0.4 is 0 Å². The standard InChI is InChI=1S/C16H20O2S/c1-11-5-7-12(8-6-11)16(17)13-9-14-3-2-4-15(10-13)19(14)18/h5-8,13-15H,2-4,9-10H2,1H3. The summed E-state index contributed by atoms with van der Waals surface area (Å²) in [6, 6.07) is 7.85. The summed E-state index contributed by atoms with van der Waals surface area (Å²) in [6.07, 6.45) is 4.93. The number of hydrogen-bond acceptors (Lipinski definition) is 2. The molecular formula is C16H20O2S. The first-order chi connectivity index (χ1) is 9.15. The Morgan fingerprint density at radius 1 is 1.11 bits per heavy atom. The summed E-state index contributed by atoms with van der Waals surface area (Å²) in [6.45, 7) is 2.03. The molecule has 0 N–H and O–H groups in total. The Morgan fingerprint density at radius 2 is 1.68 bits per heavy atom. The lowest BCUT2D eigenvalue weighted by atomic mass is 9.84. The smallest absolute Gasteiger partial charge is 0.166 e. The summed E-state index contributed by atoms with van der Waals surface area (Å²) < 4.78 is 12.2. The Kier molecular flexibility index (Phi) is 3.57. The van der Waals surface area contributed by atoms with Gasteiger partial charge in [-0.05, 0) is 32.6 Å². The fourth-order valence-electron chi connectivity index (χ4n) is 3.40. The molecular weight excluding hydrogens is 256 g/mol. The first-order valence-corrected chi connectivity index (χ1v) is 8.43. The van der Waals surface area contributed by atoms with Gasteiger partial charge in [0, 0.05) is 32.8 Å². The van der Waals surface area contributed by atoms with Crippen molar-refractivity contribution in [1.29, 1.82) is 0 Å². The van der Waals surface area contributed by atoms with Crippen LogP contribution >= 0.6 is 0 Å². The number of benzene rings is 1. The second kappa shape index (κ2) is 5.20. The Balaban J connectivity index is 1.78. The molecule has 0 amide bonds. The van der Waals surface area contributed by atoms with Gasteiger partial charge in [-0.2, -0.15) is 0 Å². The molecule has 2 bridgehead atoms. The molecule has 2 aliphatic rings. The second-order valence-corrected chi connectivity index (χ2v) is 7.89. The minimum absolute atomic E-state index is 0.0932. The van der Waals surface area contributed by atoms with Crippen molar-refractivity contribution in [3.8, 4) is 0 Å². The van der Waals surface area contributed by atoms with Crippen LogP contribution in [-0.2, 0) is 10.8 Å². The van der Waals surface area contributed by atoms with E-state index in [1.54, 1.807) is 0 Å². The van der Waals surface area contributed by atoms with E-state index in [1.165, 1.54) is 12.0 Å². The van der Waals surface area contributed by atoms with E-state index >= 15 is 0 Å². The van der Waals surface area contributed by atoms with Gasteiger partial charge in [0.2, 0.25) is 0 Å². The fourth-order valence-corrected chi connectivity index (χ4v) is 5.59. The summed E-state index contributed by atoms with van der Waals surface area (Å²) in [5.41, 5.74) is 2.00. The zero-order valence-corrected chi connectivity index (χ0v) is 12.1. The van der Waals surface area contributed by atoms with E-state index in [0.29, 0.717) is 0 Å². The van der Waals surface area contributed by atoms with Gasteiger partial charge < -0.3 is 0 Å². The lowest BCUT2D eigenvalue weighted by Gasteiger charge is -2.37. The van der Waals surface area contributed by atoms with E-state index in [0.717, 1.165) is 31.2 Å². The van der Waals surface area contributed by atoms with E-state index in [-0.39, 0.29) is 22.2 Å². The number of aryl methyl sites for hydroxylation is 1. The van der Waals surface area contributed by atoms with Gasteiger partial charge >= 0.3 is 0 Å². The van der Waals surface area contributed by atoms with E-state index < -0.39 is 10.8 Å². The van der Waals surface area contributed by atoms with E-state index in [9.17, 15) is 9.00 Å². The molecule has 2 unspecified atom stereocenters. The lowest BCUT2D eigenvalue weighted by molar-refractivity contribution is 0.0895. The predicted octanol–water partition coefficient (Wildman–Crippen LogP) is 3.26. The van der Waals surface area contributed by atoms with Crippen molar-refractivity contribution in [3.05, 3.63) is 35.4 Å². The molecule has 2 saturated heterocycles. The quantitative estimate of drug-likeness (QED) is 0.777. The summed E-state index contributed by atoms with van der Waals surface area (Å²) in [5, 5.41) is 0.541. The van der Waals surface area contributed by atoms with Crippen LogP contribution in [0.3, 0.4) is 0 Å². The molecule has 2 aliphatic heterocycles. The summed E-state index contributed by atoms with van der Waals surface area (Å²) >= 11 is 0. The van der Waals surface area contributed by atoms with Gasteiger partial charge in [-0.1, -0.05) is 36.2 Å². The highest BCUT2D eigenvalue weighted by atomic mass is 32.2. The van der Waals surface area contributed by atoms with Crippen molar-refractivity contribution in [1.82, 2.24) is 0 Å². The summed E-state index contributed by atoms with van der Waals surface area (Å²) in [5.74, 6) is 0.351. The maximum atomic E-state index is 12.5. The van der Waals surface area contributed by atoms with Crippen LogP contribution in [0.25, 0.3) is 0 Å². The van der Waals surface area contributed by atoms with E-state index in [4.69, 9.17) is 0 Å². The molecule has 2 fully saturated rings. The Bertz CT molecular complexity index is 490. The molecule has 3 heteroatoms. The Hall–Kier alpha value is -0.960. The molecule has 2 heterocycles. The molecule has 0 aliphatic carbocycles. The molecule has 3 rings (SSSR count). The van der Waals surface area contributed by atoms with Crippen molar-refractivity contribution in [2.75, 3.05) is 0 Å². The third-order valence-corrected chi connectivity index (χ3v) is 6.68. The average Bonchev–Trinajstić information content (AvgIpc) is 2.38. The van der Waals surface area contributed by atoms with Crippen molar-refractivity contribution in [2.45, 2.75) is 49.5 Å². The zero-order chi connectivity index (χ0) is 13.4. The molecule has 0 radical (unpaired) electrons.